The number of oxazole rings is 1. The second kappa shape index (κ2) is 8.52. The molecule has 0 aliphatic heterocycles. The van der Waals surface area contributed by atoms with E-state index in [0.717, 1.165) is 16.9 Å². The Morgan fingerprint density at radius 3 is 2.59 bits per heavy atom. The summed E-state index contributed by atoms with van der Waals surface area (Å²) < 4.78 is 11.1. The summed E-state index contributed by atoms with van der Waals surface area (Å²) in [5.41, 5.74) is 1.41. The number of aliphatic hydroxyl groups is 1. The number of nitrogens with zero attached hydrogens (tertiary/aromatic N) is 2. The largest absolute Gasteiger partial charge is 0.492 e. The Bertz CT molecular complexity index is 834. The molecule has 1 atom stereocenters. The number of aliphatic hydroxyl groups excluding tert-OH is 1. The molecule has 0 spiro atoms. The van der Waals surface area contributed by atoms with Crippen LogP contribution in [0.5, 0.6) is 5.75 Å². The van der Waals surface area contributed by atoms with Crippen molar-refractivity contribution in [2.45, 2.75) is 32.0 Å². The molecule has 1 aromatic carbocycles. The molecule has 0 saturated heterocycles. The van der Waals surface area contributed by atoms with Crippen molar-refractivity contribution in [3.8, 4) is 17.1 Å². The highest BCUT2D eigenvalue weighted by Crippen LogP contribution is 2.22. The molecule has 0 aliphatic carbocycles. The number of aromatic nitrogens is 2. The van der Waals surface area contributed by atoms with Crippen molar-refractivity contribution in [1.29, 1.82) is 0 Å². The number of benzene rings is 1. The van der Waals surface area contributed by atoms with Gasteiger partial charge in [0.1, 0.15) is 23.7 Å². The third kappa shape index (κ3) is 5.79. The third-order valence-electron chi connectivity index (χ3n) is 3.95. The molecule has 7 heteroatoms. The molecule has 0 bridgehead atoms. The Kier molecular flexibility index (Phi) is 6.11. The number of hydrogen-bond donors (Lipinski definition) is 2. The zero-order chi connectivity index (χ0) is 19.3. The molecule has 0 amide bonds. The van der Waals surface area contributed by atoms with Crippen molar-refractivity contribution in [2.75, 3.05) is 6.61 Å². The van der Waals surface area contributed by atoms with Crippen LogP contribution in [0, 0.1) is 0 Å². The molecule has 2 aromatic heterocycles. The zero-order valence-corrected chi connectivity index (χ0v) is 16.0. The van der Waals surface area contributed by atoms with Crippen LogP contribution < -0.4 is 10.1 Å². The summed E-state index contributed by atoms with van der Waals surface area (Å²) in [6.45, 7) is 4.34. The first kappa shape index (κ1) is 19.4. The first-order chi connectivity index (χ1) is 12.9. The second-order valence-electron chi connectivity index (χ2n) is 6.92. The Morgan fingerprint density at radius 1 is 1.19 bits per heavy atom. The van der Waals surface area contributed by atoms with Gasteiger partial charge in [-0.15, -0.1) is 0 Å². The van der Waals surface area contributed by atoms with E-state index in [2.05, 4.69) is 15.3 Å². The van der Waals surface area contributed by atoms with Gasteiger partial charge in [0.2, 0.25) is 0 Å². The second-order valence-corrected chi connectivity index (χ2v) is 7.30. The fraction of sp³-hybridized carbons (Fsp3) is 0.300. The standard InChI is InChI=1S/C20H22ClN3O3/c1-20(2,24-19(25)9-14-3-8-18(21)23-10-14)12-26-16-6-4-15(5-7-16)17-11-22-13-27-17/h3-8,10-11,13,19,24-25H,9,12H2,1-2H3/t19-/m1/s1. The lowest BCUT2D eigenvalue weighted by Gasteiger charge is -2.29. The lowest BCUT2D eigenvalue weighted by Crippen LogP contribution is -2.50. The highest BCUT2D eigenvalue weighted by molar-refractivity contribution is 6.29. The van der Waals surface area contributed by atoms with Gasteiger partial charge >= 0.3 is 0 Å². The van der Waals surface area contributed by atoms with E-state index in [9.17, 15) is 5.11 Å². The van der Waals surface area contributed by atoms with Gasteiger partial charge in [-0.25, -0.2) is 9.97 Å². The van der Waals surface area contributed by atoms with E-state index in [1.165, 1.54) is 6.39 Å². The van der Waals surface area contributed by atoms with Gasteiger partial charge in [0, 0.05) is 23.7 Å². The molecule has 0 unspecified atom stereocenters. The minimum atomic E-state index is -0.722. The molecule has 2 heterocycles. The van der Waals surface area contributed by atoms with Crippen molar-refractivity contribution in [1.82, 2.24) is 15.3 Å². The molecule has 0 saturated carbocycles. The molecule has 6 nitrogen and oxygen atoms in total. The number of pyridine rings is 1. The van der Waals surface area contributed by atoms with E-state index in [1.807, 2.05) is 44.2 Å². The van der Waals surface area contributed by atoms with Gasteiger partial charge in [-0.1, -0.05) is 17.7 Å². The third-order valence-corrected chi connectivity index (χ3v) is 4.17. The van der Waals surface area contributed by atoms with Crippen LogP contribution in [0.25, 0.3) is 11.3 Å². The van der Waals surface area contributed by atoms with Gasteiger partial charge in [0.15, 0.2) is 12.2 Å². The molecule has 0 aliphatic rings. The first-order valence-electron chi connectivity index (χ1n) is 8.59. The summed E-state index contributed by atoms with van der Waals surface area (Å²) >= 11 is 5.78. The fourth-order valence-electron chi connectivity index (χ4n) is 2.63. The molecular formula is C20H22ClN3O3. The topological polar surface area (TPSA) is 80.4 Å². The number of ether oxygens (including phenoxy) is 1. The van der Waals surface area contributed by atoms with Gasteiger partial charge in [-0.3, -0.25) is 5.32 Å². The Labute approximate surface area is 163 Å². The highest BCUT2D eigenvalue weighted by atomic mass is 35.5. The molecule has 0 fully saturated rings. The van der Waals surface area contributed by atoms with Crippen LogP contribution >= 0.6 is 11.6 Å². The molecular weight excluding hydrogens is 366 g/mol. The number of hydrogen-bond acceptors (Lipinski definition) is 6. The Morgan fingerprint density at radius 2 is 1.96 bits per heavy atom. The molecule has 3 aromatic rings. The summed E-state index contributed by atoms with van der Waals surface area (Å²) in [5.74, 6) is 1.45. The van der Waals surface area contributed by atoms with Gasteiger partial charge < -0.3 is 14.3 Å². The Hall–Kier alpha value is -2.41. The average molecular weight is 388 g/mol. The normalized spacial score (nSPS) is 12.7. The monoisotopic (exact) mass is 387 g/mol. The minimum absolute atomic E-state index is 0.393. The van der Waals surface area contributed by atoms with Crippen LogP contribution in [0.15, 0.2) is 59.6 Å². The first-order valence-corrected chi connectivity index (χ1v) is 8.97. The van der Waals surface area contributed by atoms with Crippen molar-refractivity contribution in [3.63, 3.8) is 0 Å². The van der Waals surface area contributed by atoms with E-state index in [4.69, 9.17) is 20.8 Å². The number of rotatable bonds is 8. The number of nitrogens with one attached hydrogen (secondary N) is 1. The SMILES string of the molecule is CC(C)(COc1ccc(-c2cnco2)cc1)N[C@H](O)Cc1ccc(Cl)nc1. The lowest BCUT2D eigenvalue weighted by atomic mass is 10.1. The zero-order valence-electron chi connectivity index (χ0n) is 15.2. The maximum Gasteiger partial charge on any atom is 0.181 e. The maximum atomic E-state index is 10.3. The van der Waals surface area contributed by atoms with E-state index in [-0.39, 0.29) is 0 Å². The van der Waals surface area contributed by atoms with Gasteiger partial charge in [-0.05, 0) is 49.7 Å². The van der Waals surface area contributed by atoms with E-state index in [0.29, 0.717) is 23.9 Å². The molecule has 0 radical (unpaired) electrons. The van der Waals surface area contributed by atoms with Gasteiger partial charge in [0.05, 0.1) is 6.20 Å². The van der Waals surface area contributed by atoms with E-state index < -0.39 is 11.8 Å². The summed E-state index contributed by atoms with van der Waals surface area (Å²) in [6.07, 6.45) is 4.44. The van der Waals surface area contributed by atoms with Crippen molar-refractivity contribution >= 4 is 11.6 Å². The molecule has 3 rings (SSSR count). The van der Waals surface area contributed by atoms with E-state index >= 15 is 0 Å². The van der Waals surface area contributed by atoms with Crippen LogP contribution in [0.4, 0.5) is 0 Å². The minimum Gasteiger partial charge on any atom is -0.492 e. The lowest BCUT2D eigenvalue weighted by molar-refractivity contribution is 0.0799. The van der Waals surface area contributed by atoms with Crippen molar-refractivity contribution in [2.24, 2.45) is 0 Å². The average Bonchev–Trinajstić information content (AvgIpc) is 3.17. The summed E-state index contributed by atoms with van der Waals surface area (Å²) in [7, 11) is 0. The van der Waals surface area contributed by atoms with Gasteiger partial charge in [0.25, 0.3) is 0 Å². The smallest absolute Gasteiger partial charge is 0.181 e. The maximum absolute atomic E-state index is 10.3. The molecule has 2 N–H and O–H groups in total. The van der Waals surface area contributed by atoms with Crippen LogP contribution in [0.2, 0.25) is 5.15 Å². The summed E-state index contributed by atoms with van der Waals surface area (Å²) in [4.78, 5) is 7.93. The summed E-state index contributed by atoms with van der Waals surface area (Å²) in [5, 5.41) is 13.9. The van der Waals surface area contributed by atoms with Crippen LogP contribution in [-0.2, 0) is 6.42 Å². The fourth-order valence-corrected chi connectivity index (χ4v) is 2.74. The summed E-state index contributed by atoms with van der Waals surface area (Å²) in [6, 6.07) is 11.1. The quantitative estimate of drug-likeness (QED) is 0.453. The van der Waals surface area contributed by atoms with Crippen molar-refractivity contribution in [3.05, 3.63) is 65.9 Å². The van der Waals surface area contributed by atoms with Crippen LogP contribution in [-0.4, -0.2) is 33.4 Å². The van der Waals surface area contributed by atoms with Crippen LogP contribution in [0.3, 0.4) is 0 Å². The van der Waals surface area contributed by atoms with Gasteiger partial charge in [-0.2, -0.15) is 0 Å². The molecule has 27 heavy (non-hydrogen) atoms. The van der Waals surface area contributed by atoms with E-state index in [1.54, 1.807) is 18.5 Å². The predicted molar refractivity (Wildman–Crippen MR) is 104 cm³/mol. The van der Waals surface area contributed by atoms with Crippen molar-refractivity contribution < 1.29 is 14.3 Å². The highest BCUT2D eigenvalue weighted by Gasteiger charge is 2.22. The Balaban J connectivity index is 1.50. The number of halogens is 1. The predicted octanol–water partition coefficient (Wildman–Crippen LogP) is 3.70. The van der Waals surface area contributed by atoms with Crippen LogP contribution in [0.1, 0.15) is 19.4 Å². The molecule has 142 valence electrons.